The van der Waals surface area contributed by atoms with Crippen molar-refractivity contribution in [2.24, 2.45) is 28.4 Å². The summed E-state index contributed by atoms with van der Waals surface area (Å²) in [6.45, 7) is 8.08. The van der Waals surface area contributed by atoms with Gasteiger partial charge in [-0.1, -0.05) is 20.8 Å². The monoisotopic (exact) mass is 185 g/mol. The molecule has 12 heavy (non-hydrogen) atoms. The van der Waals surface area contributed by atoms with E-state index in [1.54, 1.807) is 0 Å². The van der Waals surface area contributed by atoms with Crippen molar-refractivity contribution in [3.63, 3.8) is 0 Å². The summed E-state index contributed by atoms with van der Waals surface area (Å²) in [6, 6.07) is 0. The van der Waals surface area contributed by atoms with E-state index in [4.69, 9.17) is 5.73 Å². The molecule has 0 amide bonds. The van der Waals surface area contributed by atoms with Crippen LogP contribution in [0.3, 0.4) is 0 Å². The fourth-order valence-corrected chi connectivity index (χ4v) is 5.43. The van der Waals surface area contributed by atoms with Crippen LogP contribution in [-0.2, 0) is 0 Å². The zero-order valence-corrected chi connectivity index (χ0v) is 9.08. The second kappa shape index (κ2) is 2.42. The summed E-state index contributed by atoms with van der Waals surface area (Å²) in [5, 5.41) is 0. The molecule has 2 fully saturated rings. The molecule has 1 aliphatic carbocycles. The molecule has 70 valence electrons. The van der Waals surface area contributed by atoms with E-state index in [0.717, 1.165) is 18.4 Å². The molecule has 0 bridgehead atoms. The number of hydrogen-bond acceptors (Lipinski definition) is 2. The Balaban J connectivity index is 2.24. The fourth-order valence-electron chi connectivity index (χ4n) is 3.47. The normalized spacial score (nSPS) is 50.0. The van der Waals surface area contributed by atoms with Crippen LogP contribution >= 0.6 is 11.8 Å². The molecule has 2 aliphatic rings. The second-order valence-electron chi connectivity index (χ2n) is 4.97. The highest BCUT2D eigenvalue weighted by molar-refractivity contribution is 7.99. The minimum atomic E-state index is 0.519. The number of thioether (sulfide) groups is 1. The molecule has 1 aliphatic heterocycles. The van der Waals surface area contributed by atoms with E-state index in [1.807, 2.05) is 0 Å². The highest BCUT2D eigenvalue weighted by Gasteiger charge is 2.72. The maximum Gasteiger partial charge on any atom is 0.0000730 e. The van der Waals surface area contributed by atoms with Crippen molar-refractivity contribution in [2.45, 2.75) is 20.8 Å². The van der Waals surface area contributed by atoms with E-state index < -0.39 is 0 Å². The smallest absolute Gasteiger partial charge is 0.0000730 e. The van der Waals surface area contributed by atoms with Crippen LogP contribution in [0.2, 0.25) is 0 Å². The van der Waals surface area contributed by atoms with Crippen LogP contribution in [0.15, 0.2) is 0 Å². The van der Waals surface area contributed by atoms with E-state index in [-0.39, 0.29) is 0 Å². The Labute approximate surface area is 79.5 Å². The van der Waals surface area contributed by atoms with Gasteiger partial charge in [0.15, 0.2) is 0 Å². The third-order valence-electron chi connectivity index (χ3n) is 4.43. The van der Waals surface area contributed by atoms with Crippen molar-refractivity contribution < 1.29 is 0 Å². The van der Waals surface area contributed by atoms with Crippen molar-refractivity contribution in [3.8, 4) is 0 Å². The van der Waals surface area contributed by atoms with Crippen molar-refractivity contribution in [1.29, 1.82) is 0 Å². The summed E-state index contributed by atoms with van der Waals surface area (Å²) in [6.07, 6.45) is 0. The van der Waals surface area contributed by atoms with Gasteiger partial charge < -0.3 is 5.73 Å². The molecule has 2 rings (SSSR count). The Hall–Kier alpha value is 0.310. The third kappa shape index (κ3) is 0.759. The number of hydrogen-bond donors (Lipinski definition) is 1. The van der Waals surface area contributed by atoms with Gasteiger partial charge in [-0.05, 0) is 35.0 Å². The standard InChI is InChI=1S/C10H19NS/c1-7-5-12-6-10(7)8(4-11)9(10,2)3/h7-8H,4-6,11H2,1-3H3. The summed E-state index contributed by atoms with van der Waals surface area (Å²) in [4.78, 5) is 0. The van der Waals surface area contributed by atoms with E-state index in [2.05, 4.69) is 32.5 Å². The Morgan fingerprint density at radius 1 is 1.50 bits per heavy atom. The molecule has 1 nitrogen and oxygen atoms in total. The van der Waals surface area contributed by atoms with Crippen molar-refractivity contribution in [3.05, 3.63) is 0 Å². The molecule has 1 heterocycles. The SMILES string of the molecule is CC1CSCC12C(CN)C2(C)C. The second-order valence-corrected chi connectivity index (χ2v) is 6.00. The largest absolute Gasteiger partial charge is 0.330 e. The van der Waals surface area contributed by atoms with Gasteiger partial charge in [-0.3, -0.25) is 0 Å². The first-order valence-corrected chi connectivity index (χ1v) is 6.00. The van der Waals surface area contributed by atoms with Gasteiger partial charge in [0, 0.05) is 5.75 Å². The molecule has 1 saturated carbocycles. The van der Waals surface area contributed by atoms with Crippen LogP contribution in [-0.4, -0.2) is 18.1 Å². The highest BCUT2D eigenvalue weighted by atomic mass is 32.2. The Morgan fingerprint density at radius 3 is 2.50 bits per heavy atom. The van der Waals surface area contributed by atoms with E-state index in [9.17, 15) is 0 Å². The van der Waals surface area contributed by atoms with Crippen molar-refractivity contribution in [2.75, 3.05) is 18.1 Å². The molecule has 0 aromatic rings. The predicted octanol–water partition coefficient (Wildman–Crippen LogP) is 1.97. The lowest BCUT2D eigenvalue weighted by atomic mass is 9.86. The molecular formula is C10H19NS. The maximum absolute atomic E-state index is 5.82. The van der Waals surface area contributed by atoms with Gasteiger partial charge in [0.25, 0.3) is 0 Å². The Kier molecular flexibility index (Phi) is 1.79. The summed E-state index contributed by atoms with van der Waals surface area (Å²) in [5.41, 5.74) is 6.94. The minimum Gasteiger partial charge on any atom is -0.330 e. The molecule has 1 spiro atoms. The van der Waals surface area contributed by atoms with Crippen molar-refractivity contribution in [1.82, 2.24) is 0 Å². The molecule has 2 N–H and O–H groups in total. The lowest BCUT2D eigenvalue weighted by Crippen LogP contribution is -2.18. The zero-order chi connectivity index (χ0) is 8.98. The summed E-state index contributed by atoms with van der Waals surface area (Å²) >= 11 is 2.12. The van der Waals surface area contributed by atoms with Crippen LogP contribution in [0, 0.1) is 22.7 Å². The van der Waals surface area contributed by atoms with Crippen LogP contribution in [0.25, 0.3) is 0 Å². The molecule has 1 saturated heterocycles. The average Bonchev–Trinajstić information content (AvgIpc) is 2.33. The van der Waals surface area contributed by atoms with Crippen LogP contribution in [0.1, 0.15) is 20.8 Å². The van der Waals surface area contributed by atoms with Gasteiger partial charge in [0.1, 0.15) is 0 Å². The zero-order valence-electron chi connectivity index (χ0n) is 8.26. The Morgan fingerprint density at radius 2 is 2.17 bits per heavy atom. The van der Waals surface area contributed by atoms with Gasteiger partial charge >= 0.3 is 0 Å². The van der Waals surface area contributed by atoms with Gasteiger partial charge in [0.05, 0.1) is 0 Å². The highest BCUT2D eigenvalue weighted by Crippen LogP contribution is 2.75. The lowest BCUT2D eigenvalue weighted by Gasteiger charge is -2.17. The van der Waals surface area contributed by atoms with Crippen LogP contribution in [0.5, 0.6) is 0 Å². The van der Waals surface area contributed by atoms with E-state index in [0.29, 0.717) is 10.8 Å². The first-order valence-electron chi connectivity index (χ1n) is 4.85. The molecular weight excluding hydrogens is 166 g/mol. The van der Waals surface area contributed by atoms with Gasteiger partial charge in [-0.25, -0.2) is 0 Å². The number of nitrogens with two attached hydrogens (primary N) is 1. The van der Waals surface area contributed by atoms with Gasteiger partial charge in [0.2, 0.25) is 0 Å². The predicted molar refractivity (Wildman–Crippen MR) is 55.2 cm³/mol. The molecule has 0 aromatic carbocycles. The third-order valence-corrected chi connectivity index (χ3v) is 5.85. The minimum absolute atomic E-state index is 0.519. The molecule has 0 radical (unpaired) electrons. The summed E-state index contributed by atoms with van der Waals surface area (Å²) < 4.78 is 0. The summed E-state index contributed by atoms with van der Waals surface area (Å²) in [7, 11) is 0. The molecule has 3 unspecified atom stereocenters. The van der Waals surface area contributed by atoms with Gasteiger partial charge in [-0.2, -0.15) is 11.8 Å². The molecule has 2 heteroatoms. The van der Waals surface area contributed by atoms with Crippen LogP contribution < -0.4 is 5.73 Å². The molecule has 0 aromatic heterocycles. The van der Waals surface area contributed by atoms with Gasteiger partial charge in [-0.15, -0.1) is 0 Å². The number of rotatable bonds is 1. The van der Waals surface area contributed by atoms with Crippen molar-refractivity contribution >= 4 is 11.8 Å². The summed E-state index contributed by atoms with van der Waals surface area (Å²) in [5.74, 6) is 4.37. The first-order chi connectivity index (χ1) is 5.57. The first kappa shape index (κ1) is 8.89. The lowest BCUT2D eigenvalue weighted by molar-refractivity contribution is 0.331. The van der Waals surface area contributed by atoms with E-state index in [1.165, 1.54) is 11.5 Å². The Bertz CT molecular complexity index is 202. The molecule has 3 atom stereocenters. The fraction of sp³-hybridized carbons (Fsp3) is 1.00. The topological polar surface area (TPSA) is 26.0 Å². The maximum atomic E-state index is 5.82. The quantitative estimate of drug-likeness (QED) is 0.676. The average molecular weight is 185 g/mol. The van der Waals surface area contributed by atoms with Crippen LogP contribution in [0.4, 0.5) is 0 Å². The van der Waals surface area contributed by atoms with E-state index >= 15 is 0 Å².